The summed E-state index contributed by atoms with van der Waals surface area (Å²) in [6.07, 6.45) is 8.40. The highest BCUT2D eigenvalue weighted by Gasteiger charge is 2.23. The molecule has 0 saturated heterocycles. The first-order chi connectivity index (χ1) is 7.29. The second kappa shape index (κ2) is 5.08. The summed E-state index contributed by atoms with van der Waals surface area (Å²) in [5.74, 6) is 0. The number of thioether (sulfide) groups is 1. The van der Waals surface area contributed by atoms with E-state index in [9.17, 15) is 0 Å². The number of rotatable bonds is 4. The van der Waals surface area contributed by atoms with Crippen molar-refractivity contribution in [3.05, 3.63) is 24.0 Å². The fourth-order valence-corrected chi connectivity index (χ4v) is 3.07. The predicted molar refractivity (Wildman–Crippen MR) is 67.2 cm³/mol. The summed E-state index contributed by atoms with van der Waals surface area (Å²) in [6, 6.07) is 5.03. The second-order valence-corrected chi connectivity index (χ2v) is 5.50. The molecule has 1 aliphatic carbocycles. The molecule has 2 atom stereocenters. The lowest BCUT2D eigenvalue weighted by atomic mass is 10.2. The molecule has 84 valence electrons. The molecule has 0 spiro atoms. The van der Waals surface area contributed by atoms with Gasteiger partial charge in [0.15, 0.2) is 0 Å². The average molecular weight is 224 g/mol. The largest absolute Gasteiger partial charge is 0.353 e. The fourth-order valence-electron chi connectivity index (χ4n) is 2.27. The highest BCUT2D eigenvalue weighted by molar-refractivity contribution is 7.99. The standard InChI is InChI=1S/C12H20N2S/c1-14-7-3-4-11(14)9-13-10-5-6-12(8-10)15-2/h3-4,7,10,12-13H,5-6,8-9H2,1-2H3. The molecule has 1 N–H and O–H groups in total. The van der Waals surface area contributed by atoms with Crippen molar-refractivity contribution in [2.45, 2.75) is 37.1 Å². The Kier molecular flexibility index (Phi) is 3.76. The van der Waals surface area contributed by atoms with Crippen molar-refractivity contribution in [3.8, 4) is 0 Å². The molecule has 1 heterocycles. The highest BCUT2D eigenvalue weighted by atomic mass is 32.2. The second-order valence-electron chi connectivity index (χ2n) is 4.36. The van der Waals surface area contributed by atoms with Gasteiger partial charge in [0.05, 0.1) is 0 Å². The van der Waals surface area contributed by atoms with E-state index in [2.05, 4.69) is 41.5 Å². The summed E-state index contributed by atoms with van der Waals surface area (Å²) >= 11 is 2.02. The van der Waals surface area contributed by atoms with Gasteiger partial charge in [0.1, 0.15) is 0 Å². The first-order valence-electron chi connectivity index (χ1n) is 5.66. The Morgan fingerprint density at radius 3 is 3.00 bits per heavy atom. The Morgan fingerprint density at radius 2 is 2.40 bits per heavy atom. The molecule has 0 aromatic carbocycles. The Morgan fingerprint density at radius 1 is 1.53 bits per heavy atom. The van der Waals surface area contributed by atoms with Crippen LogP contribution in [0.15, 0.2) is 18.3 Å². The zero-order valence-electron chi connectivity index (χ0n) is 9.57. The van der Waals surface area contributed by atoms with Crippen LogP contribution in [-0.2, 0) is 13.6 Å². The summed E-state index contributed by atoms with van der Waals surface area (Å²) in [7, 11) is 2.11. The zero-order chi connectivity index (χ0) is 10.7. The van der Waals surface area contributed by atoms with Crippen LogP contribution in [0.25, 0.3) is 0 Å². The third-order valence-corrected chi connectivity index (χ3v) is 4.44. The van der Waals surface area contributed by atoms with Gasteiger partial charge in [-0.3, -0.25) is 0 Å². The van der Waals surface area contributed by atoms with Crippen LogP contribution in [0.5, 0.6) is 0 Å². The van der Waals surface area contributed by atoms with Crippen molar-refractivity contribution in [1.29, 1.82) is 0 Å². The normalized spacial score (nSPS) is 26.0. The molecule has 0 radical (unpaired) electrons. The lowest BCUT2D eigenvalue weighted by Gasteiger charge is -2.13. The van der Waals surface area contributed by atoms with E-state index in [1.54, 1.807) is 0 Å². The van der Waals surface area contributed by atoms with Gasteiger partial charge >= 0.3 is 0 Å². The number of nitrogens with one attached hydrogen (secondary N) is 1. The Bertz CT molecular complexity index is 308. The Balaban J connectivity index is 1.77. The number of aryl methyl sites for hydroxylation is 1. The zero-order valence-corrected chi connectivity index (χ0v) is 10.4. The van der Waals surface area contributed by atoms with Crippen molar-refractivity contribution < 1.29 is 0 Å². The number of aromatic nitrogens is 1. The van der Waals surface area contributed by atoms with E-state index in [0.29, 0.717) is 0 Å². The topological polar surface area (TPSA) is 17.0 Å². The summed E-state index contributed by atoms with van der Waals surface area (Å²) in [5.41, 5.74) is 1.38. The van der Waals surface area contributed by atoms with Crippen LogP contribution in [0.1, 0.15) is 25.0 Å². The van der Waals surface area contributed by atoms with Crippen LogP contribution < -0.4 is 5.32 Å². The predicted octanol–water partition coefficient (Wildman–Crippen LogP) is 2.40. The average Bonchev–Trinajstić information content (AvgIpc) is 2.84. The molecule has 15 heavy (non-hydrogen) atoms. The Labute approximate surface area is 96.4 Å². The van der Waals surface area contributed by atoms with E-state index in [1.165, 1.54) is 25.0 Å². The molecule has 1 fully saturated rings. The van der Waals surface area contributed by atoms with Gasteiger partial charge in [-0.1, -0.05) is 0 Å². The minimum absolute atomic E-state index is 0.734. The van der Waals surface area contributed by atoms with E-state index in [4.69, 9.17) is 0 Å². The summed E-state index contributed by atoms with van der Waals surface area (Å²) < 4.78 is 2.19. The van der Waals surface area contributed by atoms with Gasteiger partial charge in [-0.15, -0.1) is 0 Å². The number of nitrogens with zero attached hydrogens (tertiary/aromatic N) is 1. The maximum Gasteiger partial charge on any atom is 0.0361 e. The highest BCUT2D eigenvalue weighted by Crippen LogP contribution is 2.28. The van der Waals surface area contributed by atoms with Crippen molar-refractivity contribution in [1.82, 2.24) is 9.88 Å². The third-order valence-electron chi connectivity index (χ3n) is 3.34. The van der Waals surface area contributed by atoms with Crippen molar-refractivity contribution in [3.63, 3.8) is 0 Å². The maximum atomic E-state index is 3.65. The van der Waals surface area contributed by atoms with E-state index in [-0.39, 0.29) is 0 Å². The van der Waals surface area contributed by atoms with Gasteiger partial charge in [0, 0.05) is 36.8 Å². The molecule has 1 aromatic rings. The van der Waals surface area contributed by atoms with Crippen LogP contribution >= 0.6 is 11.8 Å². The van der Waals surface area contributed by atoms with Gasteiger partial charge in [-0.2, -0.15) is 11.8 Å². The molecule has 1 saturated carbocycles. The van der Waals surface area contributed by atoms with Crippen LogP contribution in [0.4, 0.5) is 0 Å². The summed E-state index contributed by atoms with van der Waals surface area (Å²) in [4.78, 5) is 0. The van der Waals surface area contributed by atoms with Gasteiger partial charge in [-0.25, -0.2) is 0 Å². The van der Waals surface area contributed by atoms with Gasteiger partial charge < -0.3 is 9.88 Å². The SMILES string of the molecule is CSC1CCC(NCc2cccn2C)C1. The molecule has 2 rings (SSSR count). The minimum Gasteiger partial charge on any atom is -0.353 e. The van der Waals surface area contributed by atoms with Crippen molar-refractivity contribution >= 4 is 11.8 Å². The van der Waals surface area contributed by atoms with Crippen LogP contribution in [-0.4, -0.2) is 22.1 Å². The van der Waals surface area contributed by atoms with Crippen LogP contribution in [0.2, 0.25) is 0 Å². The number of hydrogen-bond donors (Lipinski definition) is 1. The van der Waals surface area contributed by atoms with Crippen LogP contribution in [0.3, 0.4) is 0 Å². The summed E-state index contributed by atoms with van der Waals surface area (Å²) in [5, 5.41) is 4.54. The molecular formula is C12H20N2S. The lowest BCUT2D eigenvalue weighted by Crippen LogP contribution is -2.26. The molecule has 2 unspecified atom stereocenters. The van der Waals surface area contributed by atoms with E-state index in [1.807, 2.05) is 11.8 Å². The maximum absolute atomic E-state index is 3.65. The van der Waals surface area contributed by atoms with E-state index in [0.717, 1.165) is 17.8 Å². The molecule has 1 aliphatic rings. The minimum atomic E-state index is 0.734. The first kappa shape index (κ1) is 11.1. The lowest BCUT2D eigenvalue weighted by molar-refractivity contribution is 0.514. The molecule has 3 heteroatoms. The first-order valence-corrected chi connectivity index (χ1v) is 6.94. The van der Waals surface area contributed by atoms with Crippen molar-refractivity contribution in [2.24, 2.45) is 7.05 Å². The van der Waals surface area contributed by atoms with Gasteiger partial charge in [0.25, 0.3) is 0 Å². The fraction of sp³-hybridized carbons (Fsp3) is 0.667. The third kappa shape index (κ3) is 2.79. The smallest absolute Gasteiger partial charge is 0.0361 e. The molecule has 0 amide bonds. The molecular weight excluding hydrogens is 204 g/mol. The molecule has 0 aliphatic heterocycles. The van der Waals surface area contributed by atoms with E-state index >= 15 is 0 Å². The Hall–Kier alpha value is -0.410. The molecule has 0 bridgehead atoms. The molecule has 1 aromatic heterocycles. The monoisotopic (exact) mass is 224 g/mol. The van der Waals surface area contributed by atoms with Crippen LogP contribution in [0, 0.1) is 0 Å². The van der Waals surface area contributed by atoms with Gasteiger partial charge in [-0.05, 0) is 37.7 Å². The molecule has 2 nitrogen and oxygen atoms in total. The summed E-state index contributed by atoms with van der Waals surface area (Å²) in [6.45, 7) is 1.01. The number of hydrogen-bond acceptors (Lipinski definition) is 2. The van der Waals surface area contributed by atoms with Crippen molar-refractivity contribution in [2.75, 3.05) is 6.26 Å². The quantitative estimate of drug-likeness (QED) is 0.846. The van der Waals surface area contributed by atoms with Gasteiger partial charge in [0.2, 0.25) is 0 Å². The van der Waals surface area contributed by atoms with E-state index < -0.39 is 0 Å².